The lowest BCUT2D eigenvalue weighted by molar-refractivity contribution is -0.161. The van der Waals surface area contributed by atoms with Gasteiger partial charge in [0, 0.05) is 25.7 Å². The van der Waals surface area contributed by atoms with Gasteiger partial charge in [-0.25, -0.2) is 9.13 Å². The van der Waals surface area contributed by atoms with Crippen LogP contribution in [0.15, 0.2) is 134 Å². The van der Waals surface area contributed by atoms with Crippen LogP contribution in [0.2, 0.25) is 0 Å². The second-order valence-electron chi connectivity index (χ2n) is 26.6. The molecule has 5 atom stereocenters. The lowest BCUT2D eigenvalue weighted by atomic mass is 10.1. The molecule has 17 nitrogen and oxygen atoms in total. The van der Waals surface area contributed by atoms with Crippen LogP contribution in [0.3, 0.4) is 0 Å². The van der Waals surface area contributed by atoms with E-state index in [0.29, 0.717) is 32.1 Å². The molecule has 0 aromatic carbocycles. The maximum Gasteiger partial charge on any atom is 0.472 e. The average Bonchev–Trinajstić information content (AvgIpc) is 0.931. The fraction of sp³-hybridized carbons (Fsp3) is 0.694. The first-order valence-corrected chi connectivity index (χ1v) is 43.4. The first-order valence-electron chi connectivity index (χ1n) is 40.4. The monoisotopic (exact) mass is 1500 g/mol. The van der Waals surface area contributed by atoms with E-state index in [-0.39, 0.29) is 25.7 Å². The highest BCUT2D eigenvalue weighted by Crippen LogP contribution is 2.45. The Labute approximate surface area is 631 Å². The third-order valence-corrected chi connectivity index (χ3v) is 18.5. The van der Waals surface area contributed by atoms with Gasteiger partial charge in [0.2, 0.25) is 0 Å². The molecule has 104 heavy (non-hydrogen) atoms. The summed E-state index contributed by atoms with van der Waals surface area (Å²) >= 11 is 0. The van der Waals surface area contributed by atoms with Gasteiger partial charge in [0.25, 0.3) is 0 Å². The van der Waals surface area contributed by atoms with Crippen molar-refractivity contribution in [2.45, 2.75) is 341 Å². The number of allylic oxidation sites excluding steroid dienone is 22. The fourth-order valence-corrected chi connectivity index (χ4v) is 12.0. The molecule has 0 bridgehead atoms. The molecule has 596 valence electrons. The van der Waals surface area contributed by atoms with Gasteiger partial charge in [0.05, 0.1) is 26.4 Å². The zero-order chi connectivity index (χ0) is 76.0. The predicted molar refractivity (Wildman–Crippen MR) is 427 cm³/mol. The minimum Gasteiger partial charge on any atom is -0.462 e. The van der Waals surface area contributed by atoms with Crippen LogP contribution in [0.4, 0.5) is 0 Å². The number of unbranched alkanes of at least 4 members (excludes halogenated alkanes) is 27. The molecular formula is C85H144O17P2. The number of esters is 4. The molecule has 0 aromatic rings. The Morgan fingerprint density at radius 3 is 0.885 bits per heavy atom. The SMILES string of the molecule is CC/C=C\C/C=C\C/C=C\C/C=C\C/C=C\C/C=C\CCC(=O)OCC(COP(=O)(O)OCC(O)COP(=O)(O)OCC(COC(=O)CCCCCCCC/C=C\C/C=C\C/C=C\CCCCC)OC(=O)CCCCCCC/C=C\CCCCCCCC)OC(=O)CCCCCCC/C=C\CCCC. The van der Waals surface area contributed by atoms with E-state index in [4.69, 9.17) is 37.0 Å². The molecule has 0 aliphatic carbocycles. The van der Waals surface area contributed by atoms with E-state index in [1.807, 2.05) is 18.2 Å². The van der Waals surface area contributed by atoms with Crippen LogP contribution in [0.1, 0.15) is 323 Å². The maximum atomic E-state index is 13.1. The van der Waals surface area contributed by atoms with E-state index >= 15 is 0 Å². The number of rotatable bonds is 75. The molecule has 0 fully saturated rings. The predicted octanol–water partition coefficient (Wildman–Crippen LogP) is 23.7. The van der Waals surface area contributed by atoms with Crippen molar-refractivity contribution in [3.8, 4) is 0 Å². The van der Waals surface area contributed by atoms with Gasteiger partial charge in [-0.15, -0.1) is 0 Å². The summed E-state index contributed by atoms with van der Waals surface area (Å²) in [4.78, 5) is 73.0. The van der Waals surface area contributed by atoms with Crippen molar-refractivity contribution in [1.82, 2.24) is 0 Å². The second kappa shape index (κ2) is 76.4. The van der Waals surface area contributed by atoms with Gasteiger partial charge in [0.1, 0.15) is 19.3 Å². The number of carbonyl (C=O) groups is 4. The van der Waals surface area contributed by atoms with E-state index in [2.05, 4.69) is 143 Å². The number of hydrogen-bond donors (Lipinski definition) is 3. The molecule has 0 radical (unpaired) electrons. The molecule has 0 spiro atoms. The molecule has 0 aliphatic rings. The van der Waals surface area contributed by atoms with Crippen LogP contribution in [-0.2, 0) is 65.4 Å². The van der Waals surface area contributed by atoms with Crippen molar-refractivity contribution < 1.29 is 80.2 Å². The summed E-state index contributed by atoms with van der Waals surface area (Å²) in [6.45, 7) is 4.58. The lowest BCUT2D eigenvalue weighted by Gasteiger charge is -2.21. The second-order valence-corrected chi connectivity index (χ2v) is 29.5. The molecular weight excluding hydrogens is 1350 g/mol. The number of phosphoric ester groups is 2. The number of aliphatic hydroxyl groups excluding tert-OH is 1. The lowest BCUT2D eigenvalue weighted by Crippen LogP contribution is -2.30. The van der Waals surface area contributed by atoms with Crippen LogP contribution >= 0.6 is 15.6 Å². The molecule has 0 aromatic heterocycles. The summed E-state index contributed by atoms with van der Waals surface area (Å²) in [6.07, 6.45) is 85.9. The van der Waals surface area contributed by atoms with Crippen molar-refractivity contribution in [3.05, 3.63) is 134 Å². The van der Waals surface area contributed by atoms with Crippen molar-refractivity contribution in [2.75, 3.05) is 39.6 Å². The summed E-state index contributed by atoms with van der Waals surface area (Å²) in [5, 5.41) is 10.6. The average molecular weight is 1500 g/mol. The molecule has 0 saturated heterocycles. The first kappa shape index (κ1) is 99.2. The van der Waals surface area contributed by atoms with E-state index in [1.165, 1.54) is 70.6 Å². The van der Waals surface area contributed by atoms with Gasteiger partial charge < -0.3 is 33.8 Å². The van der Waals surface area contributed by atoms with Gasteiger partial charge in [-0.05, 0) is 148 Å². The summed E-state index contributed by atoms with van der Waals surface area (Å²) in [5.74, 6) is -2.30. The van der Waals surface area contributed by atoms with Gasteiger partial charge in [-0.2, -0.15) is 0 Å². The maximum absolute atomic E-state index is 13.1. The number of ether oxygens (including phenoxy) is 4. The Bertz CT molecular complexity index is 2490. The van der Waals surface area contributed by atoms with Crippen molar-refractivity contribution in [2.24, 2.45) is 0 Å². The largest absolute Gasteiger partial charge is 0.472 e. The third-order valence-electron chi connectivity index (χ3n) is 16.6. The Hall–Kier alpha value is -4.80. The highest BCUT2D eigenvalue weighted by molar-refractivity contribution is 7.47. The van der Waals surface area contributed by atoms with Crippen LogP contribution < -0.4 is 0 Å². The van der Waals surface area contributed by atoms with Crippen molar-refractivity contribution in [3.63, 3.8) is 0 Å². The summed E-state index contributed by atoms with van der Waals surface area (Å²) in [5.41, 5.74) is 0. The van der Waals surface area contributed by atoms with Gasteiger partial charge in [0.15, 0.2) is 12.2 Å². The van der Waals surface area contributed by atoms with Crippen molar-refractivity contribution >= 4 is 39.5 Å². The Kier molecular flexibility index (Phi) is 72.9. The quantitative estimate of drug-likeness (QED) is 0.0169. The number of carbonyl (C=O) groups excluding carboxylic acids is 4. The molecule has 0 rings (SSSR count). The Morgan fingerprint density at radius 2 is 0.529 bits per heavy atom. The zero-order valence-electron chi connectivity index (χ0n) is 65.2. The van der Waals surface area contributed by atoms with Gasteiger partial charge >= 0.3 is 39.5 Å². The first-order chi connectivity index (χ1) is 50.7. The van der Waals surface area contributed by atoms with E-state index in [1.54, 1.807) is 0 Å². The van der Waals surface area contributed by atoms with Crippen LogP contribution in [0.25, 0.3) is 0 Å². The molecule has 0 heterocycles. The van der Waals surface area contributed by atoms with Gasteiger partial charge in [-0.1, -0.05) is 283 Å². The van der Waals surface area contributed by atoms with Crippen LogP contribution in [-0.4, -0.2) is 96.7 Å². The summed E-state index contributed by atoms with van der Waals surface area (Å²) in [7, 11) is -9.99. The highest BCUT2D eigenvalue weighted by Gasteiger charge is 2.30. The molecule has 5 unspecified atom stereocenters. The number of aliphatic hydroxyl groups is 1. The summed E-state index contributed by atoms with van der Waals surface area (Å²) in [6, 6.07) is 0. The topological polar surface area (TPSA) is 237 Å². The smallest absolute Gasteiger partial charge is 0.462 e. The number of hydrogen-bond acceptors (Lipinski definition) is 15. The molecule has 0 amide bonds. The van der Waals surface area contributed by atoms with Crippen LogP contribution in [0.5, 0.6) is 0 Å². The van der Waals surface area contributed by atoms with E-state index in [9.17, 15) is 43.2 Å². The third kappa shape index (κ3) is 75.4. The number of phosphoric acid groups is 2. The summed E-state index contributed by atoms with van der Waals surface area (Å²) < 4.78 is 68.5. The fourth-order valence-electron chi connectivity index (χ4n) is 10.4. The van der Waals surface area contributed by atoms with E-state index in [0.717, 1.165) is 167 Å². The molecule has 19 heteroatoms. The normalized spacial score (nSPS) is 14.6. The van der Waals surface area contributed by atoms with E-state index < -0.39 is 97.5 Å². The van der Waals surface area contributed by atoms with Crippen molar-refractivity contribution in [1.29, 1.82) is 0 Å². The zero-order valence-corrected chi connectivity index (χ0v) is 66.9. The minimum absolute atomic E-state index is 0.0319. The highest BCUT2D eigenvalue weighted by atomic mass is 31.2. The molecule has 0 saturated carbocycles. The molecule has 3 N–H and O–H groups in total. The van der Waals surface area contributed by atoms with Crippen LogP contribution in [0, 0.1) is 0 Å². The molecule has 0 aliphatic heterocycles. The minimum atomic E-state index is -5.00. The Balaban J connectivity index is 5.39. The Morgan fingerprint density at radius 1 is 0.279 bits per heavy atom. The van der Waals surface area contributed by atoms with Gasteiger partial charge in [-0.3, -0.25) is 37.3 Å². The standard InChI is InChI=1S/C85H144O17P2/c1-5-9-13-17-21-25-29-32-35-37-39-41-44-46-50-53-57-61-65-69-82(87)95-75-80(101-84(89)71-67-63-59-55-49-28-24-20-16-12-8-4)77-99-103(91,92)97-73-79(86)74-98-104(93,94)100-78-81(102-85(90)72-68-64-60-56-52-48-43-34-31-27-23-19-15-11-7-3)76-96-83(88)70-66-62-58-54-51-47-45-42-40-38-36-33-30-26-22-18-14-10-6-2/h9,13,20-22,24-26,32-36,39-43,46,50,57,61,79-81,86H,5-8,10-12,14-19,23,27-31,37-38,44-45,47-49,51-56,58-60,62-78H2,1-4H3,(H,91,92)(H,93,94)/b13-9-,24-20-,25-21-,26-22-,35-32-,36-33-,41-39-,42-40-,43-34-,50-46-,61-57-.